The summed E-state index contributed by atoms with van der Waals surface area (Å²) in [5.74, 6) is -1.54. The minimum atomic E-state index is -1.06. The number of alkyl carbamates (subject to hydrolysis) is 1. The molecule has 1 heterocycles. The highest BCUT2D eigenvalue weighted by molar-refractivity contribution is 5.84. The second kappa shape index (κ2) is 10.9. The maximum atomic E-state index is 12.9. The molecule has 0 spiro atoms. The van der Waals surface area contributed by atoms with Crippen LogP contribution in [-0.4, -0.2) is 54.5 Å². The van der Waals surface area contributed by atoms with Crippen LogP contribution in [0.2, 0.25) is 0 Å². The number of hydrogen-bond donors (Lipinski definition) is 3. The summed E-state index contributed by atoms with van der Waals surface area (Å²) in [6, 6.07) is 15.3. The predicted octanol–water partition coefficient (Wildman–Crippen LogP) is 3.83. The smallest absolute Gasteiger partial charge is 0.407 e. The lowest BCUT2D eigenvalue weighted by atomic mass is 9.86. The lowest BCUT2D eigenvalue weighted by Gasteiger charge is -2.37. The van der Waals surface area contributed by atoms with Gasteiger partial charge in [0.2, 0.25) is 5.91 Å². The van der Waals surface area contributed by atoms with E-state index in [9.17, 15) is 19.5 Å². The Morgan fingerprint density at radius 3 is 2.23 bits per heavy atom. The van der Waals surface area contributed by atoms with Crippen LogP contribution >= 0.6 is 0 Å². The van der Waals surface area contributed by atoms with Crippen molar-refractivity contribution in [2.45, 2.75) is 56.5 Å². The van der Waals surface area contributed by atoms with Crippen LogP contribution in [-0.2, 0) is 19.1 Å². The molecular formula is C27H32N2O6. The van der Waals surface area contributed by atoms with Gasteiger partial charge in [0.15, 0.2) is 0 Å². The first kappa shape index (κ1) is 24.7. The largest absolute Gasteiger partial charge is 0.480 e. The van der Waals surface area contributed by atoms with Gasteiger partial charge in [0.25, 0.3) is 0 Å². The standard InChI is InChI=1S/C27H32N2O6/c1-2-7-23(25(31)32)28-24(30)16-27(12-14-34-15-13-27)29-26(33)35-17-22-20-10-5-3-8-18(20)19-9-4-6-11-21(19)22/h3-6,8-11,22-23H,2,7,12-17H2,1H3,(H,28,30)(H,29,33)(H,31,32)/t23-/m0/s1. The summed E-state index contributed by atoms with van der Waals surface area (Å²) in [5.41, 5.74) is 3.69. The van der Waals surface area contributed by atoms with Gasteiger partial charge < -0.3 is 25.2 Å². The summed E-state index contributed by atoms with van der Waals surface area (Å²) in [6.07, 6.45) is 1.23. The third kappa shape index (κ3) is 5.65. The fraction of sp³-hybridized carbons (Fsp3) is 0.444. The van der Waals surface area contributed by atoms with Gasteiger partial charge in [-0.1, -0.05) is 61.9 Å². The van der Waals surface area contributed by atoms with Gasteiger partial charge in [-0.2, -0.15) is 0 Å². The molecule has 2 aromatic rings. The third-order valence-corrected chi connectivity index (χ3v) is 6.87. The molecule has 4 rings (SSSR count). The van der Waals surface area contributed by atoms with Crippen LogP contribution in [0.5, 0.6) is 0 Å². The van der Waals surface area contributed by atoms with Crippen LogP contribution in [0.1, 0.15) is 56.1 Å². The molecular weight excluding hydrogens is 448 g/mol. The second-order valence-electron chi connectivity index (χ2n) is 9.27. The van der Waals surface area contributed by atoms with Gasteiger partial charge in [-0.15, -0.1) is 0 Å². The number of amides is 2. The van der Waals surface area contributed by atoms with E-state index in [-0.39, 0.29) is 18.9 Å². The van der Waals surface area contributed by atoms with E-state index in [1.54, 1.807) is 0 Å². The van der Waals surface area contributed by atoms with E-state index in [0.717, 1.165) is 22.3 Å². The molecule has 1 saturated heterocycles. The molecule has 186 valence electrons. The number of carbonyl (C=O) groups is 3. The number of nitrogens with one attached hydrogen (secondary N) is 2. The Morgan fingerprint density at radius 1 is 1.06 bits per heavy atom. The quantitative estimate of drug-likeness (QED) is 0.503. The molecule has 2 aromatic carbocycles. The number of rotatable bonds is 9. The molecule has 8 heteroatoms. The molecule has 35 heavy (non-hydrogen) atoms. The minimum Gasteiger partial charge on any atom is -0.480 e. The molecule has 1 atom stereocenters. The molecule has 3 N–H and O–H groups in total. The van der Waals surface area contributed by atoms with Gasteiger partial charge in [-0.25, -0.2) is 9.59 Å². The zero-order chi connectivity index (χ0) is 24.8. The zero-order valence-electron chi connectivity index (χ0n) is 19.9. The Morgan fingerprint density at radius 2 is 1.66 bits per heavy atom. The monoisotopic (exact) mass is 480 g/mol. The first-order chi connectivity index (χ1) is 16.9. The molecule has 1 aliphatic heterocycles. The fourth-order valence-corrected chi connectivity index (χ4v) is 5.06. The maximum Gasteiger partial charge on any atom is 0.407 e. The lowest BCUT2D eigenvalue weighted by Crippen LogP contribution is -2.55. The highest BCUT2D eigenvalue weighted by Gasteiger charge is 2.38. The Bertz CT molecular complexity index is 1030. The van der Waals surface area contributed by atoms with Crippen molar-refractivity contribution in [3.63, 3.8) is 0 Å². The van der Waals surface area contributed by atoms with Crippen molar-refractivity contribution in [1.29, 1.82) is 0 Å². The van der Waals surface area contributed by atoms with Crippen LogP contribution in [0.25, 0.3) is 11.1 Å². The number of benzene rings is 2. The average Bonchev–Trinajstić information content (AvgIpc) is 3.16. The highest BCUT2D eigenvalue weighted by atomic mass is 16.5. The highest BCUT2D eigenvalue weighted by Crippen LogP contribution is 2.44. The molecule has 2 amide bonds. The van der Waals surface area contributed by atoms with Crippen LogP contribution in [0.3, 0.4) is 0 Å². The Kier molecular flexibility index (Phi) is 7.70. The van der Waals surface area contributed by atoms with Crippen molar-refractivity contribution >= 4 is 18.0 Å². The lowest BCUT2D eigenvalue weighted by molar-refractivity contribution is -0.142. The summed E-state index contributed by atoms with van der Waals surface area (Å²) >= 11 is 0. The topological polar surface area (TPSA) is 114 Å². The Balaban J connectivity index is 1.41. The molecule has 0 bridgehead atoms. The van der Waals surface area contributed by atoms with Crippen LogP contribution in [0.4, 0.5) is 4.79 Å². The number of carboxylic acid groups (broad SMARTS) is 1. The first-order valence-corrected chi connectivity index (χ1v) is 12.2. The van der Waals surface area contributed by atoms with Crippen molar-refractivity contribution in [2.75, 3.05) is 19.8 Å². The van der Waals surface area contributed by atoms with E-state index in [1.807, 2.05) is 31.2 Å². The Labute approximate surface area is 205 Å². The van der Waals surface area contributed by atoms with Gasteiger partial charge in [-0.3, -0.25) is 4.79 Å². The van der Waals surface area contributed by atoms with E-state index in [4.69, 9.17) is 9.47 Å². The van der Waals surface area contributed by atoms with Crippen LogP contribution < -0.4 is 10.6 Å². The van der Waals surface area contributed by atoms with E-state index >= 15 is 0 Å². The molecule has 2 aliphatic rings. The first-order valence-electron chi connectivity index (χ1n) is 12.2. The van der Waals surface area contributed by atoms with Gasteiger partial charge in [0.1, 0.15) is 12.6 Å². The van der Waals surface area contributed by atoms with Crippen molar-refractivity contribution < 1.29 is 29.0 Å². The summed E-state index contributed by atoms with van der Waals surface area (Å²) in [6.45, 7) is 2.83. The normalized spacial score (nSPS) is 17.1. The molecule has 0 aromatic heterocycles. The molecule has 8 nitrogen and oxygen atoms in total. The fourth-order valence-electron chi connectivity index (χ4n) is 5.06. The third-order valence-electron chi connectivity index (χ3n) is 6.87. The summed E-state index contributed by atoms with van der Waals surface area (Å²) in [5, 5.41) is 14.9. The Hall–Kier alpha value is -3.39. The van der Waals surface area contributed by atoms with E-state index in [1.165, 1.54) is 0 Å². The van der Waals surface area contributed by atoms with Crippen molar-refractivity contribution in [2.24, 2.45) is 0 Å². The van der Waals surface area contributed by atoms with E-state index in [0.29, 0.717) is 38.9 Å². The maximum absolute atomic E-state index is 12.9. The summed E-state index contributed by atoms with van der Waals surface area (Å²) in [4.78, 5) is 37.1. The van der Waals surface area contributed by atoms with Crippen molar-refractivity contribution in [3.8, 4) is 11.1 Å². The number of ether oxygens (including phenoxy) is 2. The van der Waals surface area contributed by atoms with Crippen molar-refractivity contribution in [1.82, 2.24) is 10.6 Å². The summed E-state index contributed by atoms with van der Waals surface area (Å²) in [7, 11) is 0. The molecule has 0 saturated carbocycles. The average molecular weight is 481 g/mol. The van der Waals surface area contributed by atoms with E-state index < -0.39 is 29.6 Å². The molecule has 0 radical (unpaired) electrons. The van der Waals surface area contributed by atoms with Gasteiger partial charge in [-0.05, 0) is 41.5 Å². The molecule has 0 unspecified atom stereocenters. The number of carbonyl (C=O) groups excluding carboxylic acids is 2. The number of carboxylic acids is 1. The molecule has 1 fully saturated rings. The SMILES string of the molecule is CCC[C@H](NC(=O)CC1(NC(=O)OCC2c3ccccc3-c3ccccc32)CCOCC1)C(=O)O. The van der Waals surface area contributed by atoms with Gasteiger partial charge >= 0.3 is 12.1 Å². The number of aliphatic carboxylic acids is 1. The van der Waals surface area contributed by atoms with E-state index in [2.05, 4.69) is 34.9 Å². The minimum absolute atomic E-state index is 0.0337. The second-order valence-corrected chi connectivity index (χ2v) is 9.27. The van der Waals surface area contributed by atoms with Crippen molar-refractivity contribution in [3.05, 3.63) is 59.7 Å². The summed E-state index contributed by atoms with van der Waals surface area (Å²) < 4.78 is 11.1. The van der Waals surface area contributed by atoms with Gasteiger partial charge in [0.05, 0.1) is 12.0 Å². The van der Waals surface area contributed by atoms with Gasteiger partial charge in [0, 0.05) is 19.1 Å². The number of hydrogen-bond acceptors (Lipinski definition) is 5. The molecule has 1 aliphatic carbocycles. The zero-order valence-corrected chi connectivity index (χ0v) is 19.9. The number of fused-ring (bicyclic) bond motifs is 3. The van der Waals surface area contributed by atoms with Crippen LogP contribution in [0, 0.1) is 0 Å². The van der Waals surface area contributed by atoms with Crippen LogP contribution in [0.15, 0.2) is 48.5 Å². The predicted molar refractivity (Wildman–Crippen MR) is 130 cm³/mol.